The molecule has 8 nitrogen and oxygen atoms in total. The second-order valence-corrected chi connectivity index (χ2v) is 6.94. The number of ether oxygens (including phenoxy) is 1. The summed E-state index contributed by atoms with van der Waals surface area (Å²) >= 11 is 1.48. The Kier molecular flexibility index (Phi) is 4.49. The van der Waals surface area contributed by atoms with Gasteiger partial charge in [-0.3, -0.25) is 4.99 Å². The van der Waals surface area contributed by atoms with Gasteiger partial charge in [0.2, 0.25) is 0 Å². The number of aliphatic hydroxyl groups is 2. The monoisotopic (exact) mass is 331 g/mol. The Morgan fingerprint density at radius 1 is 1.45 bits per heavy atom. The highest BCUT2D eigenvalue weighted by Gasteiger charge is 2.49. The number of carbonyl (C=O) groups is 1. The molecular weight excluding hydrogens is 310 g/mol. The van der Waals surface area contributed by atoms with Crippen LogP contribution in [0, 0.1) is 0 Å². The van der Waals surface area contributed by atoms with Crippen molar-refractivity contribution in [2.45, 2.75) is 42.6 Å². The quantitative estimate of drug-likeness (QED) is 0.647. The number of aliphatic imine (C=N–C) groups is 1. The van der Waals surface area contributed by atoms with Crippen LogP contribution in [0.3, 0.4) is 0 Å². The van der Waals surface area contributed by atoms with Crippen LogP contribution in [0.4, 0.5) is 4.79 Å². The van der Waals surface area contributed by atoms with E-state index in [1.807, 2.05) is 0 Å². The lowest BCUT2D eigenvalue weighted by atomic mass is 9.96. The van der Waals surface area contributed by atoms with Crippen molar-refractivity contribution in [2.24, 2.45) is 4.99 Å². The molecule has 3 N–H and O–H groups in total. The number of thioether (sulfide) groups is 1. The van der Waals surface area contributed by atoms with Crippen LogP contribution in [0.5, 0.6) is 0 Å². The van der Waals surface area contributed by atoms with Crippen molar-refractivity contribution in [1.29, 1.82) is 0 Å². The van der Waals surface area contributed by atoms with Gasteiger partial charge in [0.1, 0.15) is 23.7 Å². The highest BCUT2D eigenvalue weighted by atomic mass is 32.2. The zero-order valence-corrected chi connectivity index (χ0v) is 13.1. The van der Waals surface area contributed by atoms with E-state index in [9.17, 15) is 15.0 Å². The molecule has 0 aromatic heterocycles. The first-order valence-electron chi connectivity index (χ1n) is 7.42. The summed E-state index contributed by atoms with van der Waals surface area (Å²) in [5.41, 5.74) is -0.311. The Balaban J connectivity index is 1.60. The minimum absolute atomic E-state index is 0.242. The van der Waals surface area contributed by atoms with Gasteiger partial charge in [-0.1, -0.05) is 11.8 Å². The number of aliphatic hydroxyl groups excluding tert-OH is 2. The van der Waals surface area contributed by atoms with Crippen molar-refractivity contribution in [2.75, 3.05) is 26.7 Å². The van der Waals surface area contributed by atoms with Gasteiger partial charge in [0.15, 0.2) is 5.17 Å². The number of rotatable bonds is 3. The Morgan fingerprint density at radius 2 is 2.18 bits per heavy atom. The molecule has 5 atom stereocenters. The third kappa shape index (κ3) is 2.90. The van der Waals surface area contributed by atoms with Gasteiger partial charge >= 0.3 is 6.09 Å². The van der Waals surface area contributed by atoms with Crippen LogP contribution < -0.4 is 0 Å². The average molecular weight is 331 g/mol. The number of nitrogens with zero attached hydrogens (tertiary/aromatic N) is 3. The van der Waals surface area contributed by atoms with Crippen LogP contribution in [-0.2, 0) is 4.74 Å². The first-order valence-corrected chi connectivity index (χ1v) is 8.30. The highest BCUT2D eigenvalue weighted by Crippen LogP contribution is 2.38. The number of fused-ring (bicyclic) bond motifs is 1. The van der Waals surface area contributed by atoms with Crippen LogP contribution in [0.25, 0.3) is 0 Å². The van der Waals surface area contributed by atoms with Gasteiger partial charge < -0.3 is 29.9 Å². The molecule has 0 radical (unpaired) electrons. The zero-order valence-electron chi connectivity index (χ0n) is 12.3. The molecule has 0 saturated carbocycles. The Morgan fingerprint density at radius 3 is 2.77 bits per heavy atom. The van der Waals surface area contributed by atoms with Crippen LogP contribution in [-0.4, -0.2) is 92.9 Å². The molecule has 3 aliphatic heterocycles. The molecule has 2 fully saturated rings. The van der Waals surface area contributed by atoms with E-state index in [4.69, 9.17) is 9.84 Å². The largest absolute Gasteiger partial charge is 0.465 e. The average Bonchev–Trinajstić information content (AvgIpc) is 2.82. The van der Waals surface area contributed by atoms with E-state index >= 15 is 0 Å². The lowest BCUT2D eigenvalue weighted by Gasteiger charge is -2.38. The van der Waals surface area contributed by atoms with Crippen molar-refractivity contribution in [3.8, 4) is 0 Å². The third-order valence-corrected chi connectivity index (χ3v) is 5.55. The minimum Gasteiger partial charge on any atom is -0.465 e. The van der Waals surface area contributed by atoms with Crippen molar-refractivity contribution < 1.29 is 24.9 Å². The van der Waals surface area contributed by atoms with Crippen molar-refractivity contribution in [1.82, 2.24) is 9.80 Å². The second kappa shape index (κ2) is 6.23. The number of likely N-dealkylation sites (tertiary alicyclic amines) is 1. The zero-order chi connectivity index (χ0) is 15.9. The van der Waals surface area contributed by atoms with E-state index in [1.165, 1.54) is 18.8 Å². The van der Waals surface area contributed by atoms with E-state index in [2.05, 4.69) is 9.89 Å². The molecule has 0 unspecified atom stereocenters. The first-order chi connectivity index (χ1) is 10.5. The molecule has 0 aromatic carbocycles. The van der Waals surface area contributed by atoms with Gasteiger partial charge in [0.05, 0.1) is 6.10 Å². The Hall–Kier alpha value is -1.03. The van der Waals surface area contributed by atoms with Crippen LogP contribution in [0.1, 0.15) is 12.8 Å². The summed E-state index contributed by atoms with van der Waals surface area (Å²) in [6.07, 6.45) is -2.16. The summed E-state index contributed by atoms with van der Waals surface area (Å²) in [4.78, 5) is 18.6. The molecule has 0 aromatic rings. The summed E-state index contributed by atoms with van der Waals surface area (Å²) in [5, 5.41) is 30.2. The van der Waals surface area contributed by atoms with Gasteiger partial charge in [-0.15, -0.1) is 0 Å². The van der Waals surface area contributed by atoms with Crippen LogP contribution in [0.15, 0.2) is 4.99 Å². The number of amidine groups is 1. The fourth-order valence-electron chi connectivity index (χ4n) is 2.73. The molecule has 9 heteroatoms. The molecule has 1 amide bonds. The predicted octanol–water partition coefficient (Wildman–Crippen LogP) is -0.390. The topological polar surface area (TPSA) is 106 Å². The van der Waals surface area contributed by atoms with Gasteiger partial charge in [0, 0.05) is 26.7 Å². The molecule has 3 rings (SSSR count). The second-order valence-electron chi connectivity index (χ2n) is 5.88. The number of carboxylic acid groups (broad SMARTS) is 1. The van der Waals surface area contributed by atoms with E-state index in [0.29, 0.717) is 6.42 Å². The predicted molar refractivity (Wildman–Crippen MR) is 81.0 cm³/mol. The van der Waals surface area contributed by atoms with Crippen LogP contribution in [0.2, 0.25) is 0 Å². The molecule has 3 heterocycles. The standard InChI is InChI=1S/C13H21N3O5S/c1-15(13(19)20)6-3-7-9(17)10(18)8-11(21-7)22-12(14-8)16-4-2-5-16/h7-11,17-18H,2-6H2,1H3,(H,19,20)/t7-,8-,9-,10-,11-/m1/s1. The van der Waals surface area contributed by atoms with Crippen molar-refractivity contribution >= 4 is 23.0 Å². The van der Waals surface area contributed by atoms with Gasteiger partial charge in [-0.05, 0) is 12.8 Å². The van der Waals surface area contributed by atoms with E-state index in [-0.39, 0.29) is 12.0 Å². The summed E-state index contributed by atoms with van der Waals surface area (Å²) in [7, 11) is 1.46. The van der Waals surface area contributed by atoms with E-state index in [0.717, 1.165) is 29.6 Å². The van der Waals surface area contributed by atoms with Crippen molar-refractivity contribution in [3.05, 3.63) is 0 Å². The number of amides is 1. The van der Waals surface area contributed by atoms with Gasteiger partial charge in [-0.25, -0.2) is 4.79 Å². The maximum atomic E-state index is 10.8. The molecule has 22 heavy (non-hydrogen) atoms. The van der Waals surface area contributed by atoms with E-state index in [1.54, 1.807) is 0 Å². The Labute approximate surface area is 132 Å². The number of hydrogen-bond donors (Lipinski definition) is 3. The molecule has 0 bridgehead atoms. The van der Waals surface area contributed by atoms with Crippen molar-refractivity contribution in [3.63, 3.8) is 0 Å². The molecule has 0 spiro atoms. The van der Waals surface area contributed by atoms with Gasteiger partial charge in [-0.2, -0.15) is 0 Å². The summed E-state index contributed by atoms with van der Waals surface area (Å²) < 4.78 is 5.86. The summed E-state index contributed by atoms with van der Waals surface area (Å²) in [5.74, 6) is 0. The molecule has 0 aliphatic carbocycles. The highest BCUT2D eigenvalue weighted by molar-refractivity contribution is 8.14. The maximum Gasteiger partial charge on any atom is 0.407 e. The first kappa shape index (κ1) is 15.9. The Bertz CT molecular complexity index is 473. The van der Waals surface area contributed by atoms with Gasteiger partial charge in [0.25, 0.3) is 0 Å². The summed E-state index contributed by atoms with van der Waals surface area (Å²) in [6, 6.07) is -0.455. The molecule has 2 saturated heterocycles. The lowest BCUT2D eigenvalue weighted by molar-refractivity contribution is -0.155. The lowest BCUT2D eigenvalue weighted by Crippen LogP contribution is -2.55. The number of hydrogen-bond acceptors (Lipinski definition) is 7. The smallest absolute Gasteiger partial charge is 0.407 e. The SMILES string of the molecule is CN(CC[C@H]1O[C@@H]2SC(N3CCC3)=N[C@@H]2[C@@H](O)[C@@H]1O)C(=O)O. The molecular formula is C13H21N3O5S. The normalized spacial score (nSPS) is 37.3. The molecule has 124 valence electrons. The van der Waals surface area contributed by atoms with Crippen LogP contribution >= 0.6 is 11.8 Å². The minimum atomic E-state index is -1.05. The third-order valence-electron chi connectivity index (χ3n) is 4.35. The maximum absolute atomic E-state index is 10.8. The summed E-state index contributed by atoms with van der Waals surface area (Å²) in [6.45, 7) is 2.18. The fourth-order valence-corrected chi connectivity index (χ4v) is 4.01. The van der Waals surface area contributed by atoms with E-state index < -0.39 is 30.4 Å². The fraction of sp³-hybridized carbons (Fsp3) is 0.846. The molecule has 3 aliphatic rings.